The molecule has 9 heteroatoms. The zero-order valence-electron chi connectivity index (χ0n) is 17.5. The van der Waals surface area contributed by atoms with Crippen LogP contribution in [-0.2, 0) is 0 Å². The SMILES string of the molecule is COc1cc(OC)nc(N2CC3CN(C(=O)c4ccccc4-n4cccn4)CC3C2)n1. The van der Waals surface area contributed by atoms with Gasteiger partial charge in [-0.25, -0.2) is 4.68 Å². The molecule has 2 atom stereocenters. The molecular formula is C22H24N6O3. The molecule has 1 aromatic carbocycles. The van der Waals surface area contributed by atoms with Crippen molar-refractivity contribution in [1.82, 2.24) is 24.6 Å². The maximum Gasteiger partial charge on any atom is 0.256 e. The predicted molar refractivity (Wildman–Crippen MR) is 114 cm³/mol. The minimum absolute atomic E-state index is 0.0475. The molecule has 0 aliphatic carbocycles. The maximum absolute atomic E-state index is 13.3. The smallest absolute Gasteiger partial charge is 0.256 e. The number of amides is 1. The first-order chi connectivity index (χ1) is 15.2. The van der Waals surface area contributed by atoms with Gasteiger partial charge in [0.15, 0.2) is 0 Å². The van der Waals surface area contributed by atoms with Gasteiger partial charge in [0.1, 0.15) is 0 Å². The molecule has 2 aliphatic heterocycles. The molecule has 4 heterocycles. The second kappa shape index (κ2) is 7.90. The molecule has 0 radical (unpaired) electrons. The summed E-state index contributed by atoms with van der Waals surface area (Å²) in [6.45, 7) is 3.03. The molecule has 5 rings (SSSR count). The van der Waals surface area contributed by atoms with Crippen molar-refractivity contribution in [2.24, 2.45) is 11.8 Å². The molecule has 0 spiro atoms. The van der Waals surface area contributed by atoms with E-state index in [0.29, 0.717) is 48.2 Å². The lowest BCUT2D eigenvalue weighted by atomic mass is 10.0. The van der Waals surface area contributed by atoms with Crippen molar-refractivity contribution in [1.29, 1.82) is 0 Å². The Hall–Kier alpha value is -3.62. The van der Waals surface area contributed by atoms with Crippen LogP contribution in [0.3, 0.4) is 0 Å². The Kier molecular flexibility index (Phi) is 4.93. The molecule has 2 saturated heterocycles. The molecule has 2 fully saturated rings. The van der Waals surface area contributed by atoms with E-state index < -0.39 is 0 Å². The quantitative estimate of drug-likeness (QED) is 0.623. The van der Waals surface area contributed by atoms with E-state index in [1.54, 1.807) is 31.2 Å². The van der Waals surface area contributed by atoms with E-state index in [9.17, 15) is 4.79 Å². The number of aromatic nitrogens is 4. The van der Waals surface area contributed by atoms with Crippen molar-refractivity contribution in [3.05, 3.63) is 54.4 Å². The fourth-order valence-corrected chi connectivity index (χ4v) is 4.50. The molecule has 0 saturated carbocycles. The summed E-state index contributed by atoms with van der Waals surface area (Å²) in [7, 11) is 3.16. The largest absolute Gasteiger partial charge is 0.481 e. The van der Waals surface area contributed by atoms with Crippen molar-refractivity contribution in [3.8, 4) is 17.4 Å². The van der Waals surface area contributed by atoms with Crippen molar-refractivity contribution >= 4 is 11.9 Å². The van der Waals surface area contributed by atoms with Gasteiger partial charge in [0.2, 0.25) is 17.7 Å². The number of methoxy groups -OCH3 is 2. The molecule has 2 aliphatic rings. The molecule has 1 amide bonds. The number of hydrogen-bond donors (Lipinski definition) is 0. The van der Waals surface area contributed by atoms with Gasteiger partial charge >= 0.3 is 0 Å². The highest BCUT2D eigenvalue weighted by Gasteiger charge is 2.43. The Balaban J connectivity index is 1.31. The second-order valence-electron chi connectivity index (χ2n) is 7.86. The number of carbonyl (C=O) groups excluding carboxylic acids is 1. The minimum atomic E-state index is 0.0475. The first-order valence-electron chi connectivity index (χ1n) is 10.3. The van der Waals surface area contributed by atoms with Crippen LogP contribution < -0.4 is 14.4 Å². The molecule has 9 nitrogen and oxygen atoms in total. The standard InChI is InChI=1S/C22H24N6O3/c1-30-19-10-20(31-2)25-22(24-19)27-13-15-11-26(12-16(15)14-27)21(29)17-6-3-4-7-18(17)28-9-5-8-23-28/h3-10,15-16H,11-14H2,1-2H3. The van der Waals surface area contributed by atoms with Crippen LogP contribution >= 0.6 is 0 Å². The van der Waals surface area contributed by atoms with Gasteiger partial charge in [-0.1, -0.05) is 12.1 Å². The summed E-state index contributed by atoms with van der Waals surface area (Å²) < 4.78 is 12.3. The number of likely N-dealkylation sites (tertiary alicyclic amines) is 1. The number of hydrogen-bond acceptors (Lipinski definition) is 7. The summed E-state index contributed by atoms with van der Waals surface area (Å²) in [5.41, 5.74) is 1.47. The van der Waals surface area contributed by atoms with Crippen LogP contribution in [0, 0.1) is 11.8 Å². The fraction of sp³-hybridized carbons (Fsp3) is 0.364. The highest BCUT2D eigenvalue weighted by Crippen LogP contribution is 2.35. The van der Waals surface area contributed by atoms with Crippen molar-refractivity contribution in [3.63, 3.8) is 0 Å². The average molecular weight is 420 g/mol. The van der Waals surface area contributed by atoms with Gasteiger partial charge in [0, 0.05) is 50.4 Å². The summed E-state index contributed by atoms with van der Waals surface area (Å²) in [5, 5.41) is 4.29. The Labute approximate surface area is 180 Å². The lowest BCUT2D eigenvalue weighted by Crippen LogP contribution is -2.34. The second-order valence-corrected chi connectivity index (χ2v) is 7.86. The number of nitrogens with zero attached hydrogens (tertiary/aromatic N) is 6. The molecule has 0 N–H and O–H groups in total. The maximum atomic E-state index is 13.3. The molecular weight excluding hydrogens is 396 g/mol. The monoisotopic (exact) mass is 420 g/mol. The number of anilines is 1. The lowest BCUT2D eigenvalue weighted by Gasteiger charge is -2.23. The first-order valence-corrected chi connectivity index (χ1v) is 10.3. The molecule has 2 aromatic heterocycles. The van der Waals surface area contributed by atoms with Crippen LogP contribution in [0.1, 0.15) is 10.4 Å². The van der Waals surface area contributed by atoms with E-state index in [2.05, 4.69) is 20.0 Å². The van der Waals surface area contributed by atoms with E-state index >= 15 is 0 Å². The van der Waals surface area contributed by atoms with Gasteiger partial charge in [0.05, 0.1) is 31.5 Å². The molecule has 160 valence electrons. The Morgan fingerprint density at radius 3 is 2.26 bits per heavy atom. The summed E-state index contributed by atoms with van der Waals surface area (Å²) in [4.78, 5) is 26.4. The Bertz CT molecular complexity index is 1050. The molecule has 31 heavy (non-hydrogen) atoms. The van der Waals surface area contributed by atoms with Gasteiger partial charge in [-0.2, -0.15) is 15.1 Å². The van der Waals surface area contributed by atoms with Crippen molar-refractivity contribution in [2.45, 2.75) is 0 Å². The van der Waals surface area contributed by atoms with Gasteiger partial charge in [-0.05, 0) is 18.2 Å². The number of ether oxygens (including phenoxy) is 2. The topological polar surface area (TPSA) is 85.6 Å². The Morgan fingerprint density at radius 2 is 1.65 bits per heavy atom. The van der Waals surface area contributed by atoms with Gasteiger partial charge < -0.3 is 19.3 Å². The summed E-state index contributed by atoms with van der Waals surface area (Å²) in [5.74, 6) is 2.36. The Morgan fingerprint density at radius 1 is 0.968 bits per heavy atom. The number of rotatable bonds is 5. The van der Waals surface area contributed by atoms with Crippen LogP contribution in [0.4, 0.5) is 5.95 Å². The van der Waals surface area contributed by atoms with Gasteiger partial charge in [0.25, 0.3) is 5.91 Å². The van der Waals surface area contributed by atoms with Gasteiger partial charge in [-0.15, -0.1) is 0 Å². The van der Waals surface area contributed by atoms with E-state index in [1.807, 2.05) is 41.4 Å². The lowest BCUT2D eigenvalue weighted by molar-refractivity contribution is 0.0782. The van der Waals surface area contributed by atoms with Crippen molar-refractivity contribution < 1.29 is 14.3 Å². The van der Waals surface area contributed by atoms with E-state index in [-0.39, 0.29) is 5.91 Å². The van der Waals surface area contributed by atoms with Crippen LogP contribution in [0.15, 0.2) is 48.8 Å². The third-order valence-corrected chi connectivity index (χ3v) is 6.03. The van der Waals surface area contributed by atoms with Crippen LogP contribution in [0.5, 0.6) is 11.8 Å². The third kappa shape index (κ3) is 3.56. The number of benzene rings is 1. The number of para-hydroxylation sites is 1. The van der Waals surface area contributed by atoms with E-state index in [0.717, 1.165) is 18.8 Å². The van der Waals surface area contributed by atoms with Crippen molar-refractivity contribution in [2.75, 3.05) is 45.3 Å². The zero-order valence-corrected chi connectivity index (χ0v) is 17.5. The first kappa shape index (κ1) is 19.3. The predicted octanol–water partition coefficient (Wildman–Crippen LogP) is 1.89. The number of fused-ring (bicyclic) bond motifs is 1. The summed E-state index contributed by atoms with van der Waals surface area (Å²) >= 11 is 0. The highest BCUT2D eigenvalue weighted by molar-refractivity contribution is 5.98. The number of carbonyl (C=O) groups is 1. The zero-order chi connectivity index (χ0) is 21.4. The summed E-state index contributed by atoms with van der Waals surface area (Å²) in [6.07, 6.45) is 3.57. The molecule has 0 bridgehead atoms. The van der Waals surface area contributed by atoms with E-state index in [4.69, 9.17) is 9.47 Å². The third-order valence-electron chi connectivity index (χ3n) is 6.03. The van der Waals surface area contributed by atoms with Gasteiger partial charge in [-0.3, -0.25) is 4.79 Å². The van der Waals surface area contributed by atoms with Crippen LogP contribution in [0.25, 0.3) is 5.69 Å². The fourth-order valence-electron chi connectivity index (χ4n) is 4.50. The van der Waals surface area contributed by atoms with E-state index in [1.165, 1.54) is 0 Å². The minimum Gasteiger partial charge on any atom is -0.481 e. The summed E-state index contributed by atoms with van der Waals surface area (Å²) in [6, 6.07) is 11.1. The highest BCUT2D eigenvalue weighted by atomic mass is 16.5. The van der Waals surface area contributed by atoms with Crippen LogP contribution in [-0.4, -0.2) is 71.0 Å². The normalized spacial score (nSPS) is 20.1. The molecule has 3 aromatic rings. The average Bonchev–Trinajstić information content (AvgIpc) is 3.55. The molecule has 2 unspecified atom stereocenters. The van der Waals surface area contributed by atoms with Crippen LogP contribution in [0.2, 0.25) is 0 Å².